The predicted octanol–water partition coefficient (Wildman–Crippen LogP) is 4.29. The van der Waals surface area contributed by atoms with E-state index in [0.29, 0.717) is 17.8 Å². The molecular formula is C26H29N3O2. The molecule has 5 heteroatoms. The average molecular weight is 416 g/mol. The third-order valence-corrected chi connectivity index (χ3v) is 5.84. The van der Waals surface area contributed by atoms with Crippen molar-refractivity contribution < 1.29 is 9.59 Å². The second-order valence-electron chi connectivity index (χ2n) is 8.05. The first-order chi connectivity index (χ1) is 15.2. The van der Waals surface area contributed by atoms with Crippen LogP contribution >= 0.6 is 0 Å². The molecule has 1 aromatic heterocycles. The highest BCUT2D eigenvalue weighted by Gasteiger charge is 2.18. The van der Waals surface area contributed by atoms with Crippen molar-refractivity contribution in [1.82, 2.24) is 14.8 Å². The zero-order chi connectivity index (χ0) is 21.5. The van der Waals surface area contributed by atoms with E-state index < -0.39 is 0 Å². The van der Waals surface area contributed by atoms with E-state index in [4.69, 9.17) is 0 Å². The lowest BCUT2D eigenvalue weighted by Gasteiger charge is -2.26. The van der Waals surface area contributed by atoms with Crippen LogP contribution in [0.15, 0.2) is 72.9 Å². The number of hydrogen-bond acceptors (Lipinski definition) is 2. The van der Waals surface area contributed by atoms with Crippen LogP contribution in [0.3, 0.4) is 0 Å². The third-order valence-electron chi connectivity index (χ3n) is 5.84. The molecule has 0 bridgehead atoms. The van der Waals surface area contributed by atoms with Crippen molar-refractivity contribution in [3.8, 4) is 0 Å². The lowest BCUT2D eigenvalue weighted by Crippen LogP contribution is -2.35. The molecule has 1 fully saturated rings. The lowest BCUT2D eigenvalue weighted by molar-refractivity contribution is 0.0724. The summed E-state index contributed by atoms with van der Waals surface area (Å²) in [6.45, 7) is 2.88. The Labute approximate surface area is 183 Å². The van der Waals surface area contributed by atoms with Gasteiger partial charge in [0.2, 0.25) is 0 Å². The minimum absolute atomic E-state index is 0.0912. The molecule has 31 heavy (non-hydrogen) atoms. The Morgan fingerprint density at radius 3 is 2.29 bits per heavy atom. The Morgan fingerprint density at radius 2 is 1.55 bits per heavy atom. The number of likely N-dealkylation sites (tertiary alicyclic amines) is 1. The number of aryl methyl sites for hydroxylation is 2. The van der Waals surface area contributed by atoms with Gasteiger partial charge in [-0.15, -0.1) is 0 Å². The van der Waals surface area contributed by atoms with Gasteiger partial charge in [-0.05, 0) is 61.1 Å². The highest BCUT2D eigenvalue weighted by Crippen LogP contribution is 2.14. The number of aromatic nitrogens is 1. The maximum absolute atomic E-state index is 12.7. The Balaban J connectivity index is 1.31. The van der Waals surface area contributed by atoms with Gasteiger partial charge in [0, 0.05) is 37.9 Å². The summed E-state index contributed by atoms with van der Waals surface area (Å²) in [5.41, 5.74) is 3.60. The molecule has 1 aliphatic rings. The van der Waals surface area contributed by atoms with Crippen LogP contribution in [0.4, 0.5) is 0 Å². The maximum Gasteiger partial charge on any atom is 0.268 e. The fourth-order valence-electron chi connectivity index (χ4n) is 4.03. The molecule has 1 saturated heterocycles. The lowest BCUT2D eigenvalue weighted by atomic mass is 10.1. The van der Waals surface area contributed by atoms with Crippen molar-refractivity contribution in [3.63, 3.8) is 0 Å². The van der Waals surface area contributed by atoms with Gasteiger partial charge in [0.15, 0.2) is 0 Å². The highest BCUT2D eigenvalue weighted by molar-refractivity contribution is 5.94. The molecule has 0 radical (unpaired) electrons. The zero-order valence-electron chi connectivity index (χ0n) is 17.8. The van der Waals surface area contributed by atoms with E-state index in [-0.39, 0.29) is 11.8 Å². The zero-order valence-corrected chi connectivity index (χ0v) is 17.8. The van der Waals surface area contributed by atoms with Crippen LogP contribution in [0.25, 0.3) is 0 Å². The molecule has 160 valence electrons. The van der Waals surface area contributed by atoms with Crippen molar-refractivity contribution in [2.24, 2.45) is 0 Å². The van der Waals surface area contributed by atoms with Crippen molar-refractivity contribution in [3.05, 3.63) is 95.3 Å². The fourth-order valence-corrected chi connectivity index (χ4v) is 4.03. The van der Waals surface area contributed by atoms with Gasteiger partial charge in [0.05, 0.1) is 0 Å². The number of nitrogens with zero attached hydrogens (tertiary/aromatic N) is 2. The SMILES string of the molecule is O=C(NCc1ccc(C(=O)N2CCCCC2)cc1)c1cccn1CCc1ccccc1. The molecule has 5 nitrogen and oxygen atoms in total. The summed E-state index contributed by atoms with van der Waals surface area (Å²) in [5, 5.41) is 3.00. The number of rotatable bonds is 7. The highest BCUT2D eigenvalue weighted by atomic mass is 16.2. The molecule has 3 aromatic rings. The number of piperidine rings is 1. The summed E-state index contributed by atoms with van der Waals surface area (Å²) in [5.74, 6) is 0.0121. The van der Waals surface area contributed by atoms with Gasteiger partial charge in [-0.2, -0.15) is 0 Å². The first-order valence-electron chi connectivity index (χ1n) is 11.1. The number of hydrogen-bond donors (Lipinski definition) is 1. The van der Waals surface area contributed by atoms with Crippen LogP contribution in [0.2, 0.25) is 0 Å². The second-order valence-corrected chi connectivity index (χ2v) is 8.05. The Kier molecular flexibility index (Phi) is 6.82. The molecule has 0 spiro atoms. The van der Waals surface area contributed by atoms with E-state index >= 15 is 0 Å². The molecule has 2 amide bonds. The van der Waals surface area contributed by atoms with Gasteiger partial charge >= 0.3 is 0 Å². The topological polar surface area (TPSA) is 54.3 Å². The van der Waals surface area contributed by atoms with E-state index in [0.717, 1.165) is 44.5 Å². The monoisotopic (exact) mass is 415 g/mol. The van der Waals surface area contributed by atoms with Crippen molar-refractivity contribution >= 4 is 11.8 Å². The average Bonchev–Trinajstić information content (AvgIpc) is 3.31. The molecule has 4 rings (SSSR count). The van der Waals surface area contributed by atoms with Gasteiger partial charge in [0.1, 0.15) is 5.69 Å². The molecule has 2 heterocycles. The number of benzene rings is 2. The summed E-state index contributed by atoms with van der Waals surface area (Å²) in [6.07, 6.45) is 6.20. The van der Waals surface area contributed by atoms with Crippen LogP contribution in [0.1, 0.15) is 51.2 Å². The van der Waals surface area contributed by atoms with Crippen molar-refractivity contribution in [1.29, 1.82) is 0 Å². The van der Waals surface area contributed by atoms with Crippen molar-refractivity contribution in [2.45, 2.75) is 38.8 Å². The molecule has 0 saturated carbocycles. The summed E-state index contributed by atoms with van der Waals surface area (Å²) in [4.78, 5) is 27.2. The van der Waals surface area contributed by atoms with Gasteiger partial charge < -0.3 is 14.8 Å². The van der Waals surface area contributed by atoms with Crippen LogP contribution in [-0.4, -0.2) is 34.4 Å². The molecule has 1 N–H and O–H groups in total. The van der Waals surface area contributed by atoms with E-state index in [2.05, 4.69) is 17.4 Å². The third kappa shape index (κ3) is 5.43. The Hall–Kier alpha value is -3.34. The first kappa shape index (κ1) is 20.9. The normalized spacial score (nSPS) is 13.7. The Bertz CT molecular complexity index is 1000. The van der Waals surface area contributed by atoms with E-state index in [1.165, 1.54) is 12.0 Å². The first-order valence-corrected chi connectivity index (χ1v) is 11.1. The number of carbonyl (C=O) groups is 2. The number of amides is 2. The molecule has 0 atom stereocenters. The van der Waals surface area contributed by atoms with E-state index in [9.17, 15) is 9.59 Å². The van der Waals surface area contributed by atoms with E-state index in [1.807, 2.05) is 70.3 Å². The molecule has 0 unspecified atom stereocenters. The number of nitrogens with one attached hydrogen (secondary N) is 1. The van der Waals surface area contributed by atoms with Gasteiger partial charge in [-0.3, -0.25) is 9.59 Å². The second kappa shape index (κ2) is 10.1. The summed E-state index contributed by atoms with van der Waals surface area (Å²) < 4.78 is 1.99. The summed E-state index contributed by atoms with van der Waals surface area (Å²) in [6, 6.07) is 21.6. The van der Waals surface area contributed by atoms with Gasteiger partial charge in [-0.1, -0.05) is 42.5 Å². The molecule has 1 aliphatic heterocycles. The number of carbonyl (C=O) groups excluding carboxylic acids is 2. The maximum atomic E-state index is 12.7. The van der Waals surface area contributed by atoms with Crippen LogP contribution in [-0.2, 0) is 19.5 Å². The standard InChI is InChI=1S/C26H29N3O2/c30-25(24-10-7-18-28(24)19-15-21-8-3-1-4-9-21)27-20-22-11-13-23(14-12-22)26(31)29-16-5-2-6-17-29/h1,3-4,7-14,18H,2,5-6,15-17,19-20H2,(H,27,30). The van der Waals surface area contributed by atoms with Crippen LogP contribution in [0, 0.1) is 0 Å². The summed E-state index contributed by atoms with van der Waals surface area (Å²) >= 11 is 0. The van der Waals surface area contributed by atoms with Crippen LogP contribution in [0.5, 0.6) is 0 Å². The summed E-state index contributed by atoms with van der Waals surface area (Å²) in [7, 11) is 0. The minimum atomic E-state index is -0.0912. The predicted molar refractivity (Wildman–Crippen MR) is 122 cm³/mol. The van der Waals surface area contributed by atoms with E-state index in [1.54, 1.807) is 0 Å². The molecule has 2 aromatic carbocycles. The molecular weight excluding hydrogens is 386 g/mol. The minimum Gasteiger partial charge on any atom is -0.347 e. The Morgan fingerprint density at radius 1 is 0.806 bits per heavy atom. The quantitative estimate of drug-likeness (QED) is 0.626. The van der Waals surface area contributed by atoms with Gasteiger partial charge in [-0.25, -0.2) is 0 Å². The smallest absolute Gasteiger partial charge is 0.268 e. The van der Waals surface area contributed by atoms with Crippen molar-refractivity contribution in [2.75, 3.05) is 13.1 Å². The van der Waals surface area contributed by atoms with Crippen LogP contribution < -0.4 is 5.32 Å². The fraction of sp³-hybridized carbons (Fsp3) is 0.308. The molecule has 0 aliphatic carbocycles. The van der Waals surface area contributed by atoms with Gasteiger partial charge in [0.25, 0.3) is 11.8 Å². The largest absolute Gasteiger partial charge is 0.347 e.